The Hall–Kier alpha value is -3.28. The zero-order valence-electron chi connectivity index (χ0n) is 15.7. The van der Waals surface area contributed by atoms with E-state index in [0.717, 1.165) is 35.1 Å². The summed E-state index contributed by atoms with van der Waals surface area (Å²) in [5, 5.41) is 12.7. The van der Waals surface area contributed by atoms with Crippen molar-refractivity contribution >= 4 is 5.96 Å². The van der Waals surface area contributed by atoms with Crippen LogP contribution in [0, 0.1) is 0 Å². The normalized spacial score (nSPS) is 11.4. The third-order valence-electron chi connectivity index (χ3n) is 4.14. The molecule has 0 saturated heterocycles. The van der Waals surface area contributed by atoms with E-state index in [9.17, 15) is 5.11 Å². The summed E-state index contributed by atoms with van der Waals surface area (Å²) in [6.45, 7) is 3.99. The zero-order chi connectivity index (χ0) is 19.1. The largest absolute Gasteiger partial charge is 0.508 e. The van der Waals surface area contributed by atoms with Crippen molar-refractivity contribution in [3.05, 3.63) is 72.2 Å². The Morgan fingerprint density at radius 2 is 1.89 bits per heavy atom. The number of phenolic OH excluding ortho intramolecular Hbond substituents is 1. The van der Waals surface area contributed by atoms with E-state index in [0.29, 0.717) is 13.1 Å². The molecule has 140 valence electrons. The first kappa shape index (κ1) is 18.5. The van der Waals surface area contributed by atoms with Crippen LogP contribution in [0.25, 0.3) is 11.3 Å². The predicted molar refractivity (Wildman–Crippen MR) is 108 cm³/mol. The molecule has 0 bridgehead atoms. The van der Waals surface area contributed by atoms with E-state index in [1.54, 1.807) is 12.1 Å². The number of nitrogens with zero attached hydrogens (tertiary/aromatic N) is 3. The maximum atomic E-state index is 9.39. The zero-order valence-corrected chi connectivity index (χ0v) is 15.7. The fourth-order valence-corrected chi connectivity index (χ4v) is 2.74. The molecule has 0 radical (unpaired) electrons. The number of phenols is 1. The minimum Gasteiger partial charge on any atom is -0.508 e. The van der Waals surface area contributed by atoms with Crippen molar-refractivity contribution in [2.75, 3.05) is 13.6 Å². The molecule has 0 aliphatic carbocycles. The minimum atomic E-state index is 0.263. The minimum absolute atomic E-state index is 0.263. The summed E-state index contributed by atoms with van der Waals surface area (Å²) >= 11 is 0. The molecule has 0 aliphatic heterocycles. The van der Waals surface area contributed by atoms with Gasteiger partial charge in [0.1, 0.15) is 11.6 Å². The monoisotopic (exact) mass is 363 g/mol. The number of imidazole rings is 1. The van der Waals surface area contributed by atoms with Crippen LogP contribution in [0.2, 0.25) is 0 Å². The highest BCUT2D eigenvalue weighted by molar-refractivity contribution is 5.79. The van der Waals surface area contributed by atoms with Gasteiger partial charge in [0.05, 0.1) is 25.0 Å². The molecule has 2 aromatic carbocycles. The van der Waals surface area contributed by atoms with E-state index < -0.39 is 0 Å². The second-order valence-corrected chi connectivity index (χ2v) is 6.30. The molecule has 1 heterocycles. The van der Waals surface area contributed by atoms with Gasteiger partial charge in [0.2, 0.25) is 0 Å². The summed E-state index contributed by atoms with van der Waals surface area (Å²) in [4.78, 5) is 14.6. The van der Waals surface area contributed by atoms with Crippen LogP contribution in [0.15, 0.2) is 65.8 Å². The molecule has 0 aliphatic rings. The lowest BCUT2D eigenvalue weighted by molar-refractivity contribution is 0.464. The highest BCUT2D eigenvalue weighted by atomic mass is 16.3. The van der Waals surface area contributed by atoms with Crippen molar-refractivity contribution in [1.82, 2.24) is 20.2 Å². The average Bonchev–Trinajstić information content (AvgIpc) is 3.15. The van der Waals surface area contributed by atoms with E-state index in [2.05, 4.69) is 32.4 Å². The second kappa shape index (κ2) is 8.89. The molecule has 0 fully saturated rings. The summed E-state index contributed by atoms with van der Waals surface area (Å²) in [6, 6.07) is 17.3. The average molecular weight is 363 g/mol. The van der Waals surface area contributed by atoms with Crippen molar-refractivity contribution in [1.29, 1.82) is 0 Å². The van der Waals surface area contributed by atoms with E-state index in [4.69, 9.17) is 0 Å². The first-order valence-corrected chi connectivity index (χ1v) is 9.02. The molecule has 6 heteroatoms. The van der Waals surface area contributed by atoms with Crippen molar-refractivity contribution in [2.24, 2.45) is 4.99 Å². The molecule has 0 unspecified atom stereocenters. The van der Waals surface area contributed by atoms with Crippen molar-refractivity contribution in [3.8, 4) is 17.0 Å². The van der Waals surface area contributed by atoms with Crippen LogP contribution >= 0.6 is 0 Å². The lowest BCUT2D eigenvalue weighted by atomic mass is 10.2. The van der Waals surface area contributed by atoms with Gasteiger partial charge in [0.15, 0.2) is 5.96 Å². The fourth-order valence-electron chi connectivity index (χ4n) is 2.74. The van der Waals surface area contributed by atoms with Gasteiger partial charge in [-0.1, -0.05) is 42.5 Å². The molecule has 0 atom stereocenters. The molecule has 0 saturated carbocycles. The summed E-state index contributed by atoms with van der Waals surface area (Å²) in [5.41, 5.74) is 3.16. The lowest BCUT2D eigenvalue weighted by Gasteiger charge is -2.21. The number of aromatic hydroxyl groups is 1. The Balaban J connectivity index is 1.68. The Labute approximate surface area is 159 Å². The molecular weight excluding hydrogens is 338 g/mol. The van der Waals surface area contributed by atoms with Gasteiger partial charge >= 0.3 is 0 Å². The molecule has 0 spiro atoms. The molecule has 1 aromatic heterocycles. The number of guanidine groups is 1. The van der Waals surface area contributed by atoms with Gasteiger partial charge < -0.3 is 20.3 Å². The lowest BCUT2D eigenvalue weighted by Crippen LogP contribution is -2.38. The van der Waals surface area contributed by atoms with E-state index in [-0.39, 0.29) is 5.75 Å². The Morgan fingerprint density at radius 1 is 1.15 bits per heavy atom. The summed E-state index contributed by atoms with van der Waals surface area (Å²) in [7, 11) is 1.99. The summed E-state index contributed by atoms with van der Waals surface area (Å²) in [6.07, 6.45) is 1.86. The smallest absolute Gasteiger partial charge is 0.194 e. The van der Waals surface area contributed by atoms with Crippen LogP contribution < -0.4 is 5.32 Å². The highest BCUT2D eigenvalue weighted by Gasteiger charge is 2.10. The molecular formula is C21H25N5O. The second-order valence-electron chi connectivity index (χ2n) is 6.30. The summed E-state index contributed by atoms with van der Waals surface area (Å²) in [5.74, 6) is 1.95. The molecule has 3 aromatic rings. The van der Waals surface area contributed by atoms with Gasteiger partial charge in [-0.15, -0.1) is 0 Å². The standard InChI is InChI=1S/C21H25N5O/c1-3-22-21(24-13-16-9-11-18(27)12-10-16)26(2)15-20-23-14-19(25-20)17-7-5-4-6-8-17/h4-12,14,27H,3,13,15H2,1-2H3,(H,22,24)(H,23,25). The van der Waals surface area contributed by atoms with Gasteiger partial charge in [0.25, 0.3) is 0 Å². The fraction of sp³-hybridized carbons (Fsp3) is 0.238. The summed E-state index contributed by atoms with van der Waals surface area (Å²) < 4.78 is 0. The molecule has 27 heavy (non-hydrogen) atoms. The SMILES string of the molecule is CCNC(=NCc1ccc(O)cc1)N(C)Cc1ncc(-c2ccccc2)[nH]1. The third kappa shape index (κ3) is 5.10. The third-order valence-corrected chi connectivity index (χ3v) is 4.14. The van der Waals surface area contributed by atoms with Crippen LogP contribution in [0.1, 0.15) is 18.3 Å². The topological polar surface area (TPSA) is 76.5 Å². The number of aliphatic imine (C=N–C) groups is 1. The first-order chi connectivity index (χ1) is 13.2. The Bertz CT molecular complexity index is 871. The molecule has 3 rings (SSSR count). The number of hydrogen-bond acceptors (Lipinski definition) is 3. The van der Waals surface area contributed by atoms with Crippen LogP contribution in [0.5, 0.6) is 5.75 Å². The number of nitrogens with one attached hydrogen (secondary N) is 2. The van der Waals surface area contributed by atoms with Gasteiger partial charge in [-0.05, 0) is 30.2 Å². The number of aromatic nitrogens is 2. The van der Waals surface area contributed by atoms with Crippen LogP contribution in [-0.2, 0) is 13.1 Å². The number of hydrogen-bond donors (Lipinski definition) is 3. The Kier molecular flexibility index (Phi) is 6.10. The van der Waals surface area contributed by atoms with Crippen LogP contribution in [0.4, 0.5) is 0 Å². The van der Waals surface area contributed by atoms with Gasteiger partial charge in [0, 0.05) is 13.6 Å². The first-order valence-electron chi connectivity index (χ1n) is 9.02. The number of aromatic amines is 1. The number of H-pyrrole nitrogens is 1. The quantitative estimate of drug-likeness (QED) is 0.463. The Morgan fingerprint density at radius 3 is 2.59 bits per heavy atom. The van der Waals surface area contributed by atoms with Crippen molar-refractivity contribution in [3.63, 3.8) is 0 Å². The number of benzene rings is 2. The van der Waals surface area contributed by atoms with Crippen LogP contribution in [-0.4, -0.2) is 39.5 Å². The van der Waals surface area contributed by atoms with E-state index in [1.165, 1.54) is 0 Å². The van der Waals surface area contributed by atoms with Gasteiger partial charge in [-0.2, -0.15) is 0 Å². The highest BCUT2D eigenvalue weighted by Crippen LogP contribution is 2.16. The van der Waals surface area contributed by atoms with Gasteiger partial charge in [-0.25, -0.2) is 9.98 Å². The molecule has 6 nitrogen and oxygen atoms in total. The van der Waals surface area contributed by atoms with E-state index in [1.807, 2.05) is 55.4 Å². The van der Waals surface area contributed by atoms with Crippen LogP contribution in [0.3, 0.4) is 0 Å². The molecule has 3 N–H and O–H groups in total. The van der Waals surface area contributed by atoms with Crippen molar-refractivity contribution < 1.29 is 5.11 Å². The number of rotatable bonds is 6. The molecule has 0 amide bonds. The maximum Gasteiger partial charge on any atom is 0.194 e. The maximum absolute atomic E-state index is 9.39. The van der Waals surface area contributed by atoms with Gasteiger partial charge in [-0.3, -0.25) is 0 Å². The van der Waals surface area contributed by atoms with E-state index >= 15 is 0 Å². The predicted octanol–water partition coefficient (Wildman–Crippen LogP) is 3.38. The van der Waals surface area contributed by atoms with Crippen molar-refractivity contribution in [2.45, 2.75) is 20.0 Å².